The summed E-state index contributed by atoms with van der Waals surface area (Å²) in [5.74, 6) is 0.0447. The monoisotopic (exact) mass is 288 g/mol. The van der Waals surface area contributed by atoms with Crippen LogP contribution < -0.4 is 15.8 Å². The summed E-state index contributed by atoms with van der Waals surface area (Å²) in [6.45, 7) is 2.25. The smallest absolute Gasteiger partial charge is 0.227 e. The van der Waals surface area contributed by atoms with Crippen molar-refractivity contribution >= 4 is 17.3 Å². The van der Waals surface area contributed by atoms with Crippen LogP contribution in [0.5, 0.6) is 5.75 Å². The Labute approximate surface area is 122 Å². The SMILES string of the molecule is Cc1ccc(OCCC(=O)Nc2ccc(F)cc2N)cc1. The third-order valence-corrected chi connectivity index (χ3v) is 2.91. The maximum absolute atomic E-state index is 12.9. The van der Waals surface area contributed by atoms with Gasteiger partial charge in [0.25, 0.3) is 0 Å². The highest BCUT2D eigenvalue weighted by atomic mass is 19.1. The molecule has 0 saturated carbocycles. The molecule has 0 aliphatic rings. The van der Waals surface area contributed by atoms with E-state index < -0.39 is 5.82 Å². The minimum absolute atomic E-state index is 0.185. The zero-order valence-electron chi connectivity index (χ0n) is 11.7. The van der Waals surface area contributed by atoms with E-state index in [0.717, 1.165) is 11.3 Å². The summed E-state index contributed by atoms with van der Waals surface area (Å²) in [6.07, 6.45) is 0.185. The molecule has 0 spiro atoms. The van der Waals surface area contributed by atoms with E-state index in [0.29, 0.717) is 5.69 Å². The number of hydrogen-bond acceptors (Lipinski definition) is 3. The van der Waals surface area contributed by atoms with E-state index in [9.17, 15) is 9.18 Å². The summed E-state index contributed by atoms with van der Waals surface area (Å²) in [5, 5.41) is 2.62. The first kappa shape index (κ1) is 14.8. The van der Waals surface area contributed by atoms with Crippen molar-refractivity contribution in [2.24, 2.45) is 0 Å². The molecule has 2 aromatic carbocycles. The lowest BCUT2D eigenvalue weighted by Crippen LogP contribution is -2.16. The van der Waals surface area contributed by atoms with E-state index >= 15 is 0 Å². The molecule has 0 unspecified atom stereocenters. The van der Waals surface area contributed by atoms with Crippen LogP contribution >= 0.6 is 0 Å². The van der Waals surface area contributed by atoms with Crippen molar-refractivity contribution in [2.45, 2.75) is 13.3 Å². The largest absolute Gasteiger partial charge is 0.493 e. The van der Waals surface area contributed by atoms with Gasteiger partial charge >= 0.3 is 0 Å². The number of carbonyl (C=O) groups is 1. The molecule has 0 aliphatic heterocycles. The number of aryl methyl sites for hydroxylation is 1. The van der Waals surface area contributed by atoms with E-state index in [1.165, 1.54) is 18.2 Å². The quantitative estimate of drug-likeness (QED) is 0.831. The van der Waals surface area contributed by atoms with Gasteiger partial charge in [0.05, 0.1) is 24.4 Å². The third kappa shape index (κ3) is 4.49. The van der Waals surface area contributed by atoms with Crippen molar-refractivity contribution < 1.29 is 13.9 Å². The van der Waals surface area contributed by atoms with Crippen molar-refractivity contribution in [2.75, 3.05) is 17.7 Å². The molecule has 0 bridgehead atoms. The maximum Gasteiger partial charge on any atom is 0.227 e. The predicted molar refractivity (Wildman–Crippen MR) is 80.7 cm³/mol. The first-order chi connectivity index (χ1) is 10.0. The minimum Gasteiger partial charge on any atom is -0.493 e. The fourth-order valence-corrected chi connectivity index (χ4v) is 1.76. The van der Waals surface area contributed by atoms with E-state index in [1.807, 2.05) is 31.2 Å². The number of nitrogens with one attached hydrogen (secondary N) is 1. The van der Waals surface area contributed by atoms with E-state index in [2.05, 4.69) is 5.32 Å². The Morgan fingerprint density at radius 2 is 1.95 bits per heavy atom. The zero-order chi connectivity index (χ0) is 15.2. The van der Waals surface area contributed by atoms with Crippen LogP contribution in [0.3, 0.4) is 0 Å². The van der Waals surface area contributed by atoms with Gasteiger partial charge in [0.2, 0.25) is 5.91 Å². The van der Waals surface area contributed by atoms with Crippen LogP contribution in [0.25, 0.3) is 0 Å². The molecule has 1 amide bonds. The van der Waals surface area contributed by atoms with Gasteiger partial charge in [-0.15, -0.1) is 0 Å². The normalized spacial score (nSPS) is 10.2. The van der Waals surface area contributed by atoms with Crippen LogP contribution in [0.2, 0.25) is 0 Å². The number of rotatable bonds is 5. The number of nitrogens with two attached hydrogens (primary N) is 1. The minimum atomic E-state index is -0.437. The Morgan fingerprint density at radius 1 is 1.24 bits per heavy atom. The lowest BCUT2D eigenvalue weighted by atomic mass is 10.2. The summed E-state index contributed by atoms with van der Waals surface area (Å²) in [4.78, 5) is 11.8. The van der Waals surface area contributed by atoms with Crippen molar-refractivity contribution in [1.29, 1.82) is 0 Å². The molecule has 3 N–H and O–H groups in total. The number of halogens is 1. The van der Waals surface area contributed by atoms with Crippen LogP contribution in [-0.2, 0) is 4.79 Å². The van der Waals surface area contributed by atoms with Crippen LogP contribution in [0.4, 0.5) is 15.8 Å². The second kappa shape index (κ2) is 6.74. The van der Waals surface area contributed by atoms with Gasteiger partial charge < -0.3 is 15.8 Å². The Hall–Kier alpha value is -2.56. The standard InChI is InChI=1S/C16H17FN2O2/c1-11-2-5-13(6-3-11)21-9-8-16(20)19-15-7-4-12(17)10-14(15)18/h2-7,10H,8-9,18H2,1H3,(H,19,20). The molecule has 2 aromatic rings. The first-order valence-electron chi connectivity index (χ1n) is 6.59. The average molecular weight is 288 g/mol. The van der Waals surface area contributed by atoms with Crippen LogP contribution in [0.15, 0.2) is 42.5 Å². The molecule has 21 heavy (non-hydrogen) atoms. The van der Waals surface area contributed by atoms with Crippen molar-refractivity contribution in [3.05, 3.63) is 53.8 Å². The van der Waals surface area contributed by atoms with Gasteiger partial charge in [0, 0.05) is 0 Å². The van der Waals surface area contributed by atoms with E-state index in [-0.39, 0.29) is 24.6 Å². The Kier molecular flexibility index (Phi) is 4.77. The number of anilines is 2. The molecule has 0 aliphatic carbocycles. The fraction of sp³-hybridized carbons (Fsp3) is 0.188. The number of benzene rings is 2. The number of hydrogen-bond donors (Lipinski definition) is 2. The Bertz CT molecular complexity index is 627. The van der Waals surface area contributed by atoms with Crippen molar-refractivity contribution in [3.8, 4) is 5.75 Å². The molecule has 110 valence electrons. The van der Waals surface area contributed by atoms with Crippen LogP contribution in [-0.4, -0.2) is 12.5 Å². The summed E-state index contributed by atoms with van der Waals surface area (Å²) in [5.41, 5.74) is 7.36. The average Bonchev–Trinajstić information content (AvgIpc) is 2.44. The molecule has 0 aromatic heterocycles. The molecule has 0 saturated heterocycles. The first-order valence-corrected chi connectivity index (χ1v) is 6.59. The molecule has 0 atom stereocenters. The number of amides is 1. The van der Waals surface area contributed by atoms with E-state index in [4.69, 9.17) is 10.5 Å². The van der Waals surface area contributed by atoms with E-state index in [1.54, 1.807) is 0 Å². The number of carbonyl (C=O) groups excluding carboxylic acids is 1. The molecule has 2 rings (SSSR count). The molecular weight excluding hydrogens is 271 g/mol. The molecule has 0 heterocycles. The Morgan fingerprint density at radius 3 is 2.62 bits per heavy atom. The maximum atomic E-state index is 12.9. The second-order valence-corrected chi connectivity index (χ2v) is 4.69. The lowest BCUT2D eigenvalue weighted by Gasteiger charge is -2.09. The highest BCUT2D eigenvalue weighted by Gasteiger charge is 2.06. The fourth-order valence-electron chi connectivity index (χ4n) is 1.76. The van der Waals surface area contributed by atoms with Crippen molar-refractivity contribution in [3.63, 3.8) is 0 Å². The topological polar surface area (TPSA) is 64.3 Å². The van der Waals surface area contributed by atoms with Gasteiger partial charge in [0.15, 0.2) is 0 Å². The lowest BCUT2D eigenvalue weighted by molar-refractivity contribution is -0.116. The van der Waals surface area contributed by atoms with Gasteiger partial charge in [-0.3, -0.25) is 4.79 Å². The van der Waals surface area contributed by atoms with Gasteiger partial charge in [0.1, 0.15) is 11.6 Å². The predicted octanol–water partition coefficient (Wildman–Crippen LogP) is 3.12. The summed E-state index contributed by atoms with van der Waals surface area (Å²) >= 11 is 0. The molecule has 4 nitrogen and oxygen atoms in total. The van der Waals surface area contributed by atoms with Gasteiger partial charge in [-0.05, 0) is 37.3 Å². The van der Waals surface area contributed by atoms with Gasteiger partial charge in [-0.1, -0.05) is 17.7 Å². The molecular formula is C16H17FN2O2. The third-order valence-electron chi connectivity index (χ3n) is 2.91. The number of ether oxygens (including phenoxy) is 1. The highest BCUT2D eigenvalue weighted by Crippen LogP contribution is 2.19. The van der Waals surface area contributed by atoms with Gasteiger partial charge in [-0.25, -0.2) is 4.39 Å². The second-order valence-electron chi connectivity index (χ2n) is 4.69. The number of nitrogen functional groups attached to an aromatic ring is 1. The van der Waals surface area contributed by atoms with Crippen molar-refractivity contribution in [1.82, 2.24) is 0 Å². The zero-order valence-corrected chi connectivity index (χ0v) is 11.7. The highest BCUT2D eigenvalue weighted by molar-refractivity contribution is 5.93. The van der Waals surface area contributed by atoms with Crippen LogP contribution in [0.1, 0.15) is 12.0 Å². The molecule has 5 heteroatoms. The summed E-state index contributed by atoms with van der Waals surface area (Å²) < 4.78 is 18.4. The Balaban J connectivity index is 1.81. The van der Waals surface area contributed by atoms with Gasteiger partial charge in [-0.2, -0.15) is 0 Å². The molecule has 0 fully saturated rings. The summed E-state index contributed by atoms with van der Waals surface area (Å²) in [7, 11) is 0. The molecule has 0 radical (unpaired) electrons. The summed E-state index contributed by atoms with van der Waals surface area (Å²) in [6, 6.07) is 11.4. The van der Waals surface area contributed by atoms with Crippen LogP contribution in [0, 0.1) is 12.7 Å².